The molecule has 1 unspecified atom stereocenters. The molecule has 1 atom stereocenters. The van der Waals surface area contributed by atoms with Crippen LogP contribution in [0.1, 0.15) is 37.8 Å². The average molecular weight is 276 g/mol. The van der Waals surface area contributed by atoms with E-state index in [2.05, 4.69) is 50.1 Å². The summed E-state index contributed by atoms with van der Waals surface area (Å²) in [7, 11) is 2.18. The molecule has 0 aliphatic heterocycles. The van der Waals surface area contributed by atoms with Crippen LogP contribution in [0.4, 0.5) is 0 Å². The fraction of sp³-hybridized carbons (Fsp3) is 0.647. The molecule has 0 spiro atoms. The van der Waals surface area contributed by atoms with Gasteiger partial charge in [0.15, 0.2) is 0 Å². The van der Waals surface area contributed by atoms with Gasteiger partial charge in [-0.05, 0) is 51.3 Å². The van der Waals surface area contributed by atoms with E-state index in [-0.39, 0.29) is 11.6 Å². The summed E-state index contributed by atoms with van der Waals surface area (Å²) < 4.78 is 5.70. The van der Waals surface area contributed by atoms with Crippen molar-refractivity contribution in [1.82, 2.24) is 4.90 Å². The van der Waals surface area contributed by atoms with Crippen LogP contribution in [0.25, 0.3) is 0 Å². The second-order valence-electron chi connectivity index (χ2n) is 6.09. The molecule has 0 amide bonds. The summed E-state index contributed by atoms with van der Waals surface area (Å²) in [5.41, 5.74) is 9.06. The van der Waals surface area contributed by atoms with E-state index in [1.54, 1.807) is 0 Å². The summed E-state index contributed by atoms with van der Waals surface area (Å²) in [6.45, 7) is 6.51. The Morgan fingerprint density at radius 3 is 2.80 bits per heavy atom. The van der Waals surface area contributed by atoms with Gasteiger partial charge in [-0.1, -0.05) is 24.3 Å². The smallest absolute Gasteiger partial charge is 0.0597 e. The molecule has 0 aromatic heterocycles. The molecule has 3 nitrogen and oxygen atoms in total. The Hall–Kier alpha value is -0.900. The van der Waals surface area contributed by atoms with Gasteiger partial charge in [-0.2, -0.15) is 0 Å². The number of aryl methyl sites for hydroxylation is 1. The molecule has 3 heteroatoms. The summed E-state index contributed by atoms with van der Waals surface area (Å²) in [4.78, 5) is 2.40. The van der Waals surface area contributed by atoms with Crippen LogP contribution >= 0.6 is 0 Å². The Labute approximate surface area is 123 Å². The molecular formula is C17H28N2O. The Morgan fingerprint density at radius 2 is 2.10 bits per heavy atom. The van der Waals surface area contributed by atoms with Crippen LogP contribution in [0.15, 0.2) is 24.3 Å². The third-order valence-electron chi connectivity index (χ3n) is 4.50. The number of likely N-dealkylation sites (N-methyl/N-ethyl adjacent to an activating group) is 1. The number of rotatable bonds is 6. The summed E-state index contributed by atoms with van der Waals surface area (Å²) in [6.07, 6.45) is 3.81. The lowest BCUT2D eigenvalue weighted by molar-refractivity contribution is 0.0277. The largest absolute Gasteiger partial charge is 0.377 e. The average Bonchev–Trinajstić information content (AvgIpc) is 2.46. The molecule has 1 aromatic carbocycles. The summed E-state index contributed by atoms with van der Waals surface area (Å²) in [5, 5.41) is 0. The van der Waals surface area contributed by atoms with Crippen molar-refractivity contribution in [3.05, 3.63) is 35.4 Å². The van der Waals surface area contributed by atoms with E-state index in [0.717, 1.165) is 19.6 Å². The number of nitrogens with two attached hydrogens (primary N) is 1. The van der Waals surface area contributed by atoms with Gasteiger partial charge in [-0.25, -0.2) is 0 Å². The lowest BCUT2D eigenvalue weighted by Gasteiger charge is -2.45. The standard InChI is InChI=1S/C17H28N2O/c1-14(2)20-12-11-19(3)17(13-18)10-6-8-15-7-4-5-9-16(15)17/h4-5,7,9,14H,6,8,10-13,18H2,1-3H3. The second-order valence-corrected chi connectivity index (χ2v) is 6.09. The van der Waals surface area contributed by atoms with Crippen LogP contribution in [0.3, 0.4) is 0 Å². The number of ether oxygens (including phenoxy) is 1. The lowest BCUT2D eigenvalue weighted by Crippen LogP contribution is -2.52. The third-order valence-corrected chi connectivity index (χ3v) is 4.50. The van der Waals surface area contributed by atoms with E-state index in [1.165, 1.54) is 24.0 Å². The van der Waals surface area contributed by atoms with Crippen LogP contribution in [0, 0.1) is 0 Å². The molecule has 0 radical (unpaired) electrons. The molecule has 0 saturated heterocycles. The predicted molar refractivity (Wildman–Crippen MR) is 83.8 cm³/mol. The zero-order valence-electron chi connectivity index (χ0n) is 13.1. The summed E-state index contributed by atoms with van der Waals surface area (Å²) in [6, 6.07) is 8.76. The number of nitrogens with zero attached hydrogens (tertiary/aromatic N) is 1. The van der Waals surface area contributed by atoms with Crippen LogP contribution in [-0.4, -0.2) is 37.7 Å². The predicted octanol–water partition coefficient (Wildman–Crippen LogP) is 2.53. The number of benzene rings is 1. The highest BCUT2D eigenvalue weighted by molar-refractivity contribution is 5.36. The third kappa shape index (κ3) is 3.05. The lowest BCUT2D eigenvalue weighted by atomic mass is 9.75. The molecule has 1 aromatic rings. The van der Waals surface area contributed by atoms with Gasteiger partial charge in [0, 0.05) is 13.1 Å². The normalized spacial score (nSPS) is 22.3. The quantitative estimate of drug-likeness (QED) is 0.868. The topological polar surface area (TPSA) is 38.5 Å². The van der Waals surface area contributed by atoms with Crippen molar-refractivity contribution in [2.24, 2.45) is 5.73 Å². The second kappa shape index (κ2) is 6.70. The van der Waals surface area contributed by atoms with Gasteiger partial charge in [-0.3, -0.25) is 4.90 Å². The van der Waals surface area contributed by atoms with Crippen LogP contribution in [0.2, 0.25) is 0 Å². The Balaban J connectivity index is 2.17. The number of hydrogen-bond acceptors (Lipinski definition) is 3. The zero-order chi connectivity index (χ0) is 14.6. The van der Waals surface area contributed by atoms with Gasteiger partial charge in [-0.15, -0.1) is 0 Å². The monoisotopic (exact) mass is 276 g/mol. The molecule has 0 saturated carbocycles. The molecule has 112 valence electrons. The van der Waals surface area contributed by atoms with Crippen molar-refractivity contribution in [2.75, 3.05) is 26.7 Å². The first kappa shape index (κ1) is 15.5. The number of fused-ring (bicyclic) bond motifs is 1. The first-order valence-electron chi connectivity index (χ1n) is 7.71. The molecule has 0 bridgehead atoms. The van der Waals surface area contributed by atoms with Crippen molar-refractivity contribution in [3.8, 4) is 0 Å². The minimum absolute atomic E-state index is 0.0187. The van der Waals surface area contributed by atoms with Crippen LogP contribution < -0.4 is 5.73 Å². The molecule has 1 aliphatic rings. The van der Waals surface area contributed by atoms with Gasteiger partial charge in [0.2, 0.25) is 0 Å². The van der Waals surface area contributed by atoms with Gasteiger partial charge in [0.25, 0.3) is 0 Å². The highest BCUT2D eigenvalue weighted by Gasteiger charge is 2.38. The first-order valence-corrected chi connectivity index (χ1v) is 7.71. The maximum atomic E-state index is 6.20. The maximum absolute atomic E-state index is 6.20. The van der Waals surface area contributed by atoms with E-state index in [1.807, 2.05) is 0 Å². The molecule has 20 heavy (non-hydrogen) atoms. The van der Waals surface area contributed by atoms with Gasteiger partial charge < -0.3 is 10.5 Å². The Morgan fingerprint density at radius 1 is 1.35 bits per heavy atom. The van der Waals surface area contributed by atoms with E-state index in [9.17, 15) is 0 Å². The van der Waals surface area contributed by atoms with Crippen molar-refractivity contribution in [2.45, 2.75) is 44.8 Å². The van der Waals surface area contributed by atoms with E-state index >= 15 is 0 Å². The van der Waals surface area contributed by atoms with Crippen molar-refractivity contribution < 1.29 is 4.74 Å². The Kier molecular flexibility index (Phi) is 5.19. The van der Waals surface area contributed by atoms with E-state index in [0.29, 0.717) is 6.54 Å². The maximum Gasteiger partial charge on any atom is 0.0597 e. The van der Waals surface area contributed by atoms with E-state index < -0.39 is 0 Å². The van der Waals surface area contributed by atoms with Crippen molar-refractivity contribution in [3.63, 3.8) is 0 Å². The fourth-order valence-electron chi connectivity index (χ4n) is 3.30. The van der Waals surface area contributed by atoms with Gasteiger partial charge in [0.05, 0.1) is 18.2 Å². The fourth-order valence-corrected chi connectivity index (χ4v) is 3.30. The highest BCUT2D eigenvalue weighted by Crippen LogP contribution is 2.38. The van der Waals surface area contributed by atoms with Crippen LogP contribution in [0.5, 0.6) is 0 Å². The molecule has 0 fully saturated rings. The molecule has 1 aliphatic carbocycles. The molecular weight excluding hydrogens is 248 g/mol. The van der Waals surface area contributed by atoms with Gasteiger partial charge >= 0.3 is 0 Å². The summed E-state index contributed by atoms with van der Waals surface area (Å²) in [5.74, 6) is 0. The first-order chi connectivity index (χ1) is 9.60. The van der Waals surface area contributed by atoms with Crippen molar-refractivity contribution >= 4 is 0 Å². The Bertz CT molecular complexity index is 433. The summed E-state index contributed by atoms with van der Waals surface area (Å²) >= 11 is 0. The molecule has 0 heterocycles. The SMILES string of the molecule is CC(C)OCCN(C)C1(CN)CCCc2ccccc21. The van der Waals surface area contributed by atoms with Gasteiger partial charge in [0.1, 0.15) is 0 Å². The molecule has 2 N–H and O–H groups in total. The minimum Gasteiger partial charge on any atom is -0.377 e. The minimum atomic E-state index is -0.0187. The van der Waals surface area contributed by atoms with E-state index in [4.69, 9.17) is 10.5 Å². The molecule has 2 rings (SSSR count). The zero-order valence-corrected chi connectivity index (χ0v) is 13.1. The number of hydrogen-bond donors (Lipinski definition) is 1. The van der Waals surface area contributed by atoms with Crippen molar-refractivity contribution in [1.29, 1.82) is 0 Å². The van der Waals surface area contributed by atoms with Crippen LogP contribution in [-0.2, 0) is 16.7 Å². The highest BCUT2D eigenvalue weighted by atomic mass is 16.5.